The Hall–Kier alpha value is -3.71. The van der Waals surface area contributed by atoms with Crippen LogP contribution in [0.2, 0.25) is 0 Å². The Morgan fingerprint density at radius 1 is 0.906 bits per heavy atom. The maximum atomic E-state index is 12.7. The summed E-state index contributed by atoms with van der Waals surface area (Å²) in [5, 5.41) is 6.69. The molecule has 1 amide bonds. The molecule has 6 nitrogen and oxygen atoms in total. The maximum absolute atomic E-state index is 12.7. The molecular formula is C25H22N2O4S. The zero-order valence-corrected chi connectivity index (χ0v) is 18.3. The molecule has 3 aromatic carbocycles. The molecule has 1 heterocycles. The summed E-state index contributed by atoms with van der Waals surface area (Å²) in [4.78, 5) is 12.9. The van der Waals surface area contributed by atoms with E-state index in [4.69, 9.17) is 4.52 Å². The van der Waals surface area contributed by atoms with Gasteiger partial charge in [0.1, 0.15) is 5.69 Å². The van der Waals surface area contributed by atoms with Gasteiger partial charge in [0.05, 0.1) is 10.6 Å². The van der Waals surface area contributed by atoms with Crippen molar-refractivity contribution in [3.63, 3.8) is 0 Å². The number of nitrogens with one attached hydrogen (secondary N) is 1. The molecule has 7 heteroatoms. The molecule has 1 N–H and O–H groups in total. The highest BCUT2D eigenvalue weighted by Crippen LogP contribution is 2.23. The van der Waals surface area contributed by atoms with Gasteiger partial charge < -0.3 is 4.52 Å². The number of carbonyl (C=O) groups is 1. The summed E-state index contributed by atoms with van der Waals surface area (Å²) in [5.74, 6) is -0.391. The molecule has 0 aliphatic carbocycles. The lowest BCUT2D eigenvalue weighted by Crippen LogP contribution is -2.12. The van der Waals surface area contributed by atoms with Crippen LogP contribution in [0.4, 0.5) is 5.88 Å². The van der Waals surface area contributed by atoms with Gasteiger partial charge >= 0.3 is 0 Å². The number of benzene rings is 3. The first kappa shape index (κ1) is 21.5. The molecule has 0 spiro atoms. The van der Waals surface area contributed by atoms with E-state index in [1.807, 2.05) is 24.3 Å². The molecule has 0 bridgehead atoms. The van der Waals surface area contributed by atoms with Gasteiger partial charge in [-0.2, -0.15) is 0 Å². The second-order valence-corrected chi connectivity index (χ2v) is 9.34. The minimum absolute atomic E-state index is 0.196. The number of amides is 1. The van der Waals surface area contributed by atoms with E-state index in [9.17, 15) is 13.2 Å². The third-order valence-electron chi connectivity index (χ3n) is 5.05. The fourth-order valence-electron chi connectivity index (χ4n) is 3.30. The number of aromatic nitrogens is 1. The first-order valence-electron chi connectivity index (χ1n) is 10.2. The van der Waals surface area contributed by atoms with Crippen LogP contribution in [0.3, 0.4) is 0 Å². The molecule has 162 valence electrons. The van der Waals surface area contributed by atoms with Crippen molar-refractivity contribution in [2.45, 2.75) is 24.0 Å². The number of hydrogen-bond acceptors (Lipinski definition) is 5. The summed E-state index contributed by atoms with van der Waals surface area (Å²) in [5.41, 5.74) is 3.58. The number of sulfone groups is 1. The highest BCUT2D eigenvalue weighted by molar-refractivity contribution is 7.90. The van der Waals surface area contributed by atoms with Crippen LogP contribution in [0.5, 0.6) is 0 Å². The van der Waals surface area contributed by atoms with Crippen LogP contribution in [0.1, 0.15) is 28.4 Å². The van der Waals surface area contributed by atoms with Gasteiger partial charge in [-0.15, -0.1) is 0 Å². The molecule has 4 aromatic rings. The van der Waals surface area contributed by atoms with Crippen molar-refractivity contribution >= 4 is 21.6 Å². The van der Waals surface area contributed by atoms with Crippen molar-refractivity contribution < 1.29 is 17.7 Å². The van der Waals surface area contributed by atoms with E-state index in [-0.39, 0.29) is 16.5 Å². The predicted octanol–water partition coefficient (Wildman–Crippen LogP) is 5.13. The lowest BCUT2D eigenvalue weighted by atomic mass is 10.1. The molecule has 32 heavy (non-hydrogen) atoms. The number of aryl methyl sites for hydroxylation is 1. The quantitative estimate of drug-likeness (QED) is 0.425. The minimum Gasteiger partial charge on any atom is -0.338 e. The molecular weight excluding hydrogens is 424 g/mol. The Bertz CT molecular complexity index is 1330. The summed E-state index contributed by atoms with van der Waals surface area (Å²) in [6.45, 7) is 2.09. The number of rotatable bonds is 7. The highest BCUT2D eigenvalue weighted by atomic mass is 32.2. The number of nitrogens with zero attached hydrogens (tertiary/aromatic N) is 1. The van der Waals surface area contributed by atoms with E-state index < -0.39 is 15.7 Å². The number of anilines is 1. The van der Waals surface area contributed by atoms with Crippen molar-refractivity contribution in [2.24, 2.45) is 0 Å². The molecule has 0 saturated heterocycles. The standard InChI is InChI=1S/C25H22N2O4S/c1-2-18-11-13-20(14-12-18)23-16-24(31-27-23)26-25(28)21-8-6-7-19(15-21)17-32(29,30)22-9-4-3-5-10-22/h3-16H,2,17H2,1H3,(H,26,28). The Morgan fingerprint density at radius 3 is 2.38 bits per heavy atom. The molecule has 0 radical (unpaired) electrons. The molecule has 0 aliphatic heterocycles. The van der Waals surface area contributed by atoms with Gasteiger partial charge in [0.2, 0.25) is 5.88 Å². The van der Waals surface area contributed by atoms with E-state index >= 15 is 0 Å². The Labute approximate surface area is 186 Å². The van der Waals surface area contributed by atoms with Gasteiger partial charge in [-0.1, -0.05) is 66.7 Å². The van der Waals surface area contributed by atoms with E-state index in [1.54, 1.807) is 60.7 Å². The van der Waals surface area contributed by atoms with E-state index in [1.165, 1.54) is 5.56 Å². The Morgan fingerprint density at radius 2 is 1.66 bits per heavy atom. The van der Waals surface area contributed by atoms with Crippen LogP contribution in [-0.2, 0) is 22.0 Å². The summed E-state index contributed by atoms with van der Waals surface area (Å²) in [6.07, 6.45) is 0.951. The summed E-state index contributed by atoms with van der Waals surface area (Å²) < 4.78 is 30.5. The number of carbonyl (C=O) groups excluding carboxylic acids is 1. The van der Waals surface area contributed by atoms with Crippen molar-refractivity contribution in [1.82, 2.24) is 5.16 Å². The third-order valence-corrected chi connectivity index (χ3v) is 6.76. The topological polar surface area (TPSA) is 89.3 Å². The fourth-order valence-corrected chi connectivity index (χ4v) is 4.66. The van der Waals surface area contributed by atoms with Gasteiger partial charge in [-0.05, 0) is 41.8 Å². The van der Waals surface area contributed by atoms with Crippen molar-refractivity contribution in [2.75, 3.05) is 5.32 Å². The van der Waals surface area contributed by atoms with Gasteiger partial charge in [-0.3, -0.25) is 10.1 Å². The van der Waals surface area contributed by atoms with Gasteiger partial charge in [-0.25, -0.2) is 8.42 Å². The van der Waals surface area contributed by atoms with Crippen LogP contribution < -0.4 is 5.32 Å². The van der Waals surface area contributed by atoms with Gasteiger partial charge in [0, 0.05) is 17.2 Å². The van der Waals surface area contributed by atoms with Crippen LogP contribution in [0, 0.1) is 0 Å². The maximum Gasteiger partial charge on any atom is 0.258 e. The summed E-state index contributed by atoms with van der Waals surface area (Å²) in [7, 11) is -3.51. The second-order valence-electron chi connectivity index (χ2n) is 7.35. The second kappa shape index (κ2) is 9.20. The van der Waals surface area contributed by atoms with E-state index in [0.29, 0.717) is 16.8 Å². The summed E-state index contributed by atoms with van der Waals surface area (Å²) in [6, 6.07) is 24.4. The van der Waals surface area contributed by atoms with E-state index in [2.05, 4.69) is 17.4 Å². The average molecular weight is 447 g/mol. The Balaban J connectivity index is 1.47. The highest BCUT2D eigenvalue weighted by Gasteiger charge is 2.17. The van der Waals surface area contributed by atoms with Crippen LogP contribution in [0.25, 0.3) is 11.3 Å². The average Bonchev–Trinajstić information content (AvgIpc) is 3.28. The van der Waals surface area contributed by atoms with E-state index in [0.717, 1.165) is 12.0 Å². The van der Waals surface area contributed by atoms with Gasteiger partial charge in [0.15, 0.2) is 9.84 Å². The SMILES string of the molecule is CCc1ccc(-c2cc(NC(=O)c3cccc(CS(=O)(=O)c4ccccc4)c3)on2)cc1. The summed E-state index contributed by atoms with van der Waals surface area (Å²) >= 11 is 0. The largest absolute Gasteiger partial charge is 0.338 e. The molecule has 4 rings (SSSR count). The molecule has 1 aromatic heterocycles. The normalized spacial score (nSPS) is 11.3. The van der Waals surface area contributed by atoms with Crippen LogP contribution in [0.15, 0.2) is 94.3 Å². The first-order valence-corrected chi connectivity index (χ1v) is 11.8. The third kappa shape index (κ3) is 4.95. The lowest BCUT2D eigenvalue weighted by Gasteiger charge is -2.07. The van der Waals surface area contributed by atoms with Crippen LogP contribution in [-0.4, -0.2) is 19.5 Å². The smallest absolute Gasteiger partial charge is 0.258 e. The minimum atomic E-state index is -3.51. The van der Waals surface area contributed by atoms with Crippen molar-refractivity contribution in [3.05, 3.63) is 102 Å². The lowest BCUT2D eigenvalue weighted by molar-refractivity contribution is 0.102. The zero-order chi connectivity index (χ0) is 22.6. The molecule has 0 fully saturated rings. The molecule has 0 saturated carbocycles. The van der Waals surface area contributed by atoms with Crippen molar-refractivity contribution in [1.29, 1.82) is 0 Å². The Kier molecular flexibility index (Phi) is 6.18. The van der Waals surface area contributed by atoms with Crippen molar-refractivity contribution in [3.8, 4) is 11.3 Å². The molecule has 0 atom stereocenters. The fraction of sp³-hybridized carbons (Fsp3) is 0.120. The van der Waals surface area contributed by atoms with Crippen LogP contribution >= 0.6 is 0 Å². The predicted molar refractivity (Wildman–Crippen MR) is 123 cm³/mol. The molecule has 0 aliphatic rings. The molecule has 0 unspecified atom stereocenters. The number of hydrogen-bond donors (Lipinski definition) is 1. The monoisotopic (exact) mass is 446 g/mol. The van der Waals surface area contributed by atoms with Gasteiger partial charge in [0.25, 0.3) is 5.91 Å². The zero-order valence-electron chi connectivity index (χ0n) is 17.5. The first-order chi connectivity index (χ1) is 15.4.